The van der Waals surface area contributed by atoms with Crippen LogP contribution in [0, 0.1) is 11.3 Å². The summed E-state index contributed by atoms with van der Waals surface area (Å²) in [5.41, 5.74) is 0.307. The molecule has 0 bridgehead atoms. The lowest BCUT2D eigenvalue weighted by Crippen LogP contribution is -2.36. The van der Waals surface area contributed by atoms with Gasteiger partial charge in [0.25, 0.3) is 5.91 Å². The van der Waals surface area contributed by atoms with Crippen LogP contribution in [0.15, 0.2) is 22.2 Å². The van der Waals surface area contributed by atoms with E-state index < -0.39 is 21.8 Å². The van der Waals surface area contributed by atoms with E-state index in [1.807, 2.05) is 0 Å². The molecule has 1 saturated heterocycles. The number of amides is 1. The third kappa shape index (κ3) is 4.27. The third-order valence-corrected chi connectivity index (χ3v) is 5.89. The number of hydrogen-bond donors (Lipinski definition) is 2. The van der Waals surface area contributed by atoms with Crippen LogP contribution in [0.4, 0.5) is 0 Å². The molecule has 0 aliphatic carbocycles. The summed E-state index contributed by atoms with van der Waals surface area (Å²) < 4.78 is 28.2. The highest BCUT2D eigenvalue weighted by Crippen LogP contribution is 2.35. The molecule has 1 fully saturated rings. The summed E-state index contributed by atoms with van der Waals surface area (Å²) in [6.07, 6.45) is 1.68. The number of nitrogens with zero attached hydrogens (tertiary/aromatic N) is 1. The Balaban J connectivity index is 2.22. The molecule has 2 rings (SSSR count). The molecule has 0 aromatic heterocycles. The van der Waals surface area contributed by atoms with Crippen LogP contribution in [0.3, 0.4) is 0 Å². The van der Waals surface area contributed by atoms with Crippen molar-refractivity contribution in [2.45, 2.75) is 12.5 Å². The van der Waals surface area contributed by atoms with Gasteiger partial charge in [-0.1, -0.05) is 0 Å². The normalized spacial score (nSPS) is 19.5. The second kappa shape index (κ2) is 7.23. The number of carbonyl (C=O) groups excluding carboxylic acids is 1. The number of ether oxygens (including phenoxy) is 1. The maximum Gasteiger partial charge on any atom is 0.262 e. The number of nitriles is 1. The van der Waals surface area contributed by atoms with E-state index in [2.05, 4.69) is 21.2 Å². The van der Waals surface area contributed by atoms with Crippen LogP contribution < -0.4 is 10.1 Å². The highest BCUT2D eigenvalue weighted by Gasteiger charge is 2.29. The maximum absolute atomic E-state index is 12.2. The molecule has 0 radical (unpaired) electrons. The van der Waals surface area contributed by atoms with Crippen molar-refractivity contribution in [1.82, 2.24) is 5.32 Å². The monoisotopic (exact) mass is 414 g/mol. The zero-order chi connectivity index (χ0) is 17.9. The number of carbonyl (C=O) groups is 1. The molecule has 1 aliphatic rings. The fourth-order valence-electron chi connectivity index (χ4n) is 2.32. The topological polar surface area (TPSA) is 116 Å². The average Bonchev–Trinajstić information content (AvgIpc) is 2.86. The molecule has 9 heteroatoms. The van der Waals surface area contributed by atoms with Crippen molar-refractivity contribution < 1.29 is 23.1 Å². The molecule has 1 unspecified atom stereocenters. The van der Waals surface area contributed by atoms with Crippen molar-refractivity contribution in [2.75, 3.05) is 18.6 Å². The minimum Gasteiger partial charge on any atom is -0.503 e. The van der Waals surface area contributed by atoms with Crippen LogP contribution in [0.25, 0.3) is 6.08 Å². The summed E-state index contributed by atoms with van der Waals surface area (Å²) in [7, 11) is -1.74. The number of halogens is 1. The standard InChI is InChI=1S/C15H15BrN2O5S/c1-23-13-6-9(5-12(16)14(13)19)4-10(7-17)15(20)18-11-2-3-24(21,22)8-11/h4-6,11,19H,2-3,8H2,1H3,(H,18,20)/b10-4+. The largest absolute Gasteiger partial charge is 0.503 e. The van der Waals surface area contributed by atoms with Gasteiger partial charge in [0.15, 0.2) is 21.3 Å². The number of hydrogen-bond acceptors (Lipinski definition) is 6. The van der Waals surface area contributed by atoms with Crippen LogP contribution in [-0.2, 0) is 14.6 Å². The van der Waals surface area contributed by atoms with E-state index in [0.717, 1.165) is 0 Å². The second-order valence-electron chi connectivity index (χ2n) is 5.30. The van der Waals surface area contributed by atoms with Gasteiger partial charge < -0.3 is 15.2 Å². The Morgan fingerprint density at radius 1 is 1.54 bits per heavy atom. The van der Waals surface area contributed by atoms with E-state index in [4.69, 9.17) is 4.74 Å². The molecule has 1 aromatic rings. The molecular weight excluding hydrogens is 400 g/mol. The van der Waals surface area contributed by atoms with Gasteiger partial charge in [0.05, 0.1) is 23.1 Å². The summed E-state index contributed by atoms with van der Waals surface area (Å²) in [5.74, 6) is -0.617. The Hall–Kier alpha value is -2.05. The summed E-state index contributed by atoms with van der Waals surface area (Å²) in [6.45, 7) is 0. The number of phenols is 1. The van der Waals surface area contributed by atoms with Crippen molar-refractivity contribution in [3.63, 3.8) is 0 Å². The molecule has 1 amide bonds. The number of phenolic OH excluding ortho intramolecular Hbond substituents is 1. The number of sulfone groups is 1. The van der Waals surface area contributed by atoms with Gasteiger partial charge in [0.1, 0.15) is 11.6 Å². The van der Waals surface area contributed by atoms with Gasteiger partial charge in [-0.05, 0) is 46.1 Å². The molecule has 1 atom stereocenters. The van der Waals surface area contributed by atoms with Crippen LogP contribution in [-0.4, -0.2) is 44.1 Å². The van der Waals surface area contributed by atoms with E-state index in [1.54, 1.807) is 6.07 Å². The zero-order valence-corrected chi connectivity index (χ0v) is 15.1. The van der Waals surface area contributed by atoms with E-state index in [-0.39, 0.29) is 28.6 Å². The first kappa shape index (κ1) is 18.3. The molecule has 1 heterocycles. The van der Waals surface area contributed by atoms with Gasteiger partial charge in [-0.25, -0.2) is 8.42 Å². The lowest BCUT2D eigenvalue weighted by atomic mass is 10.1. The number of nitrogens with one attached hydrogen (secondary N) is 1. The van der Waals surface area contributed by atoms with Crippen LogP contribution in [0.2, 0.25) is 0 Å². The molecular formula is C15H15BrN2O5S. The summed E-state index contributed by atoms with van der Waals surface area (Å²) in [6, 6.07) is 4.32. The Bertz CT molecular complexity index is 842. The van der Waals surface area contributed by atoms with Gasteiger partial charge in [0.2, 0.25) is 0 Å². The summed E-state index contributed by atoms with van der Waals surface area (Å²) in [5, 5.41) is 21.5. The first-order valence-corrected chi connectivity index (χ1v) is 9.56. The lowest BCUT2D eigenvalue weighted by Gasteiger charge is -2.10. The quantitative estimate of drug-likeness (QED) is 0.567. The van der Waals surface area contributed by atoms with Gasteiger partial charge >= 0.3 is 0 Å². The lowest BCUT2D eigenvalue weighted by molar-refractivity contribution is -0.117. The first-order valence-electron chi connectivity index (χ1n) is 6.95. The summed E-state index contributed by atoms with van der Waals surface area (Å²) >= 11 is 3.16. The second-order valence-corrected chi connectivity index (χ2v) is 8.38. The molecule has 7 nitrogen and oxygen atoms in total. The highest BCUT2D eigenvalue weighted by atomic mass is 79.9. The Morgan fingerprint density at radius 3 is 2.79 bits per heavy atom. The van der Waals surface area contributed by atoms with Crippen molar-refractivity contribution in [2.24, 2.45) is 0 Å². The van der Waals surface area contributed by atoms with Crippen molar-refractivity contribution in [1.29, 1.82) is 5.26 Å². The van der Waals surface area contributed by atoms with E-state index in [0.29, 0.717) is 16.5 Å². The SMILES string of the molecule is COc1cc(/C=C(\C#N)C(=O)NC2CCS(=O)(=O)C2)cc(Br)c1O. The Kier molecular flexibility index (Phi) is 5.51. The van der Waals surface area contributed by atoms with Gasteiger partial charge in [-0.15, -0.1) is 0 Å². The first-order chi connectivity index (χ1) is 11.3. The third-order valence-electron chi connectivity index (χ3n) is 3.51. The number of methoxy groups -OCH3 is 1. The zero-order valence-electron chi connectivity index (χ0n) is 12.7. The Labute approximate surface area is 148 Å². The fourth-order valence-corrected chi connectivity index (χ4v) is 4.45. The van der Waals surface area contributed by atoms with Crippen LogP contribution in [0.1, 0.15) is 12.0 Å². The van der Waals surface area contributed by atoms with Crippen molar-refractivity contribution in [3.8, 4) is 17.6 Å². The molecule has 128 valence electrons. The molecule has 2 N–H and O–H groups in total. The predicted octanol–water partition coefficient (Wildman–Crippen LogP) is 1.37. The number of benzene rings is 1. The molecule has 0 spiro atoms. The van der Waals surface area contributed by atoms with Crippen molar-refractivity contribution >= 4 is 37.8 Å². The van der Waals surface area contributed by atoms with E-state index in [9.17, 15) is 23.6 Å². The molecule has 1 aromatic carbocycles. The molecule has 0 saturated carbocycles. The van der Waals surface area contributed by atoms with Crippen molar-refractivity contribution in [3.05, 3.63) is 27.7 Å². The average molecular weight is 415 g/mol. The number of aromatic hydroxyl groups is 1. The number of rotatable bonds is 4. The Morgan fingerprint density at radius 2 is 2.25 bits per heavy atom. The predicted molar refractivity (Wildman–Crippen MR) is 91.2 cm³/mol. The van der Waals surface area contributed by atoms with Gasteiger partial charge in [-0.3, -0.25) is 4.79 Å². The van der Waals surface area contributed by atoms with E-state index in [1.165, 1.54) is 25.3 Å². The fraction of sp³-hybridized carbons (Fsp3) is 0.333. The molecule has 1 aliphatic heterocycles. The highest BCUT2D eigenvalue weighted by molar-refractivity contribution is 9.10. The summed E-state index contributed by atoms with van der Waals surface area (Å²) in [4.78, 5) is 12.2. The minimum absolute atomic E-state index is 0.0334. The smallest absolute Gasteiger partial charge is 0.262 e. The van der Waals surface area contributed by atoms with Crippen LogP contribution in [0.5, 0.6) is 11.5 Å². The van der Waals surface area contributed by atoms with E-state index >= 15 is 0 Å². The van der Waals surface area contributed by atoms with Gasteiger partial charge in [-0.2, -0.15) is 5.26 Å². The minimum atomic E-state index is -3.12. The van der Waals surface area contributed by atoms with Gasteiger partial charge in [0, 0.05) is 6.04 Å². The maximum atomic E-state index is 12.2. The van der Waals surface area contributed by atoms with Crippen LogP contribution >= 0.6 is 15.9 Å². The molecule has 24 heavy (non-hydrogen) atoms.